The normalized spacial score (nSPS) is 23.1. The Bertz CT molecular complexity index is 707. The molecule has 2 heterocycles. The van der Waals surface area contributed by atoms with E-state index in [2.05, 4.69) is 5.32 Å². The van der Waals surface area contributed by atoms with Crippen molar-refractivity contribution in [3.8, 4) is 0 Å². The number of nitrogens with zero attached hydrogens (tertiary/aromatic N) is 2. The van der Waals surface area contributed by atoms with Gasteiger partial charge >= 0.3 is 6.09 Å². The third-order valence-electron chi connectivity index (χ3n) is 4.92. The standard InChI is InChI=1S/C18H22FN3O3S/c19-15-9-13(3-4-16(15)21-5-7-24-8-6-21)22-11-14(25-18(22)23)10-20-17(26)12-1-2-12/h3-4,9,12,14H,1-2,5-8,10-11H2,(H,20,26)/t14-/m0/s1. The molecule has 1 aromatic rings. The Hall–Kier alpha value is -1.93. The highest BCUT2D eigenvalue weighted by atomic mass is 32.1. The second kappa shape index (κ2) is 7.36. The van der Waals surface area contributed by atoms with E-state index < -0.39 is 6.09 Å². The van der Waals surface area contributed by atoms with Gasteiger partial charge in [-0.25, -0.2) is 9.18 Å². The number of rotatable bonds is 5. The SMILES string of the molecule is O=C1O[C@@H](CNC(=S)C2CC2)CN1c1ccc(N2CCOCC2)c(F)c1. The lowest BCUT2D eigenvalue weighted by atomic mass is 10.2. The van der Waals surface area contributed by atoms with Gasteiger partial charge in [0.25, 0.3) is 0 Å². The minimum absolute atomic E-state index is 0.291. The Morgan fingerprint density at radius 1 is 1.31 bits per heavy atom. The number of halogens is 1. The summed E-state index contributed by atoms with van der Waals surface area (Å²) >= 11 is 5.29. The fraction of sp³-hybridized carbons (Fsp3) is 0.556. The van der Waals surface area contributed by atoms with Crippen molar-refractivity contribution in [2.45, 2.75) is 18.9 Å². The van der Waals surface area contributed by atoms with Crippen molar-refractivity contribution in [2.75, 3.05) is 49.2 Å². The van der Waals surface area contributed by atoms with Gasteiger partial charge in [-0.2, -0.15) is 0 Å². The second-order valence-electron chi connectivity index (χ2n) is 6.87. The molecule has 26 heavy (non-hydrogen) atoms. The number of carbonyl (C=O) groups excluding carboxylic acids is 1. The average Bonchev–Trinajstić information content (AvgIpc) is 3.43. The molecule has 6 nitrogen and oxygen atoms in total. The van der Waals surface area contributed by atoms with Gasteiger partial charge in [0.2, 0.25) is 0 Å². The zero-order chi connectivity index (χ0) is 18.1. The molecule has 8 heteroatoms. The number of morpholine rings is 1. The molecule has 1 aromatic carbocycles. The molecule has 2 saturated heterocycles. The molecule has 140 valence electrons. The molecule has 0 spiro atoms. The van der Waals surface area contributed by atoms with E-state index in [1.807, 2.05) is 4.90 Å². The number of hydrogen-bond donors (Lipinski definition) is 1. The third-order valence-corrected chi connectivity index (χ3v) is 5.40. The quantitative estimate of drug-likeness (QED) is 0.793. The zero-order valence-corrected chi connectivity index (χ0v) is 15.3. The minimum atomic E-state index is -0.451. The number of thiocarbonyl (C=S) groups is 1. The smallest absolute Gasteiger partial charge is 0.414 e. The first-order valence-corrected chi connectivity index (χ1v) is 9.41. The lowest BCUT2D eigenvalue weighted by Gasteiger charge is -2.29. The highest BCUT2D eigenvalue weighted by Crippen LogP contribution is 2.30. The van der Waals surface area contributed by atoms with Crippen LogP contribution in [0.2, 0.25) is 0 Å². The molecule has 0 aromatic heterocycles. The van der Waals surface area contributed by atoms with Gasteiger partial charge in [-0.3, -0.25) is 4.90 Å². The van der Waals surface area contributed by atoms with Gasteiger partial charge in [0.1, 0.15) is 11.9 Å². The first-order valence-electron chi connectivity index (χ1n) is 9.00. The molecule has 0 radical (unpaired) electrons. The van der Waals surface area contributed by atoms with Crippen LogP contribution in [-0.2, 0) is 9.47 Å². The molecular weight excluding hydrogens is 357 g/mol. The van der Waals surface area contributed by atoms with Gasteiger partial charge in [-0.15, -0.1) is 0 Å². The van der Waals surface area contributed by atoms with E-state index in [0.717, 1.165) is 17.8 Å². The van der Waals surface area contributed by atoms with Crippen LogP contribution in [0.4, 0.5) is 20.6 Å². The van der Waals surface area contributed by atoms with Crippen molar-refractivity contribution < 1.29 is 18.7 Å². The predicted molar refractivity (Wildman–Crippen MR) is 100 cm³/mol. The van der Waals surface area contributed by atoms with Crippen molar-refractivity contribution >= 4 is 34.7 Å². The number of cyclic esters (lactones) is 1. The highest BCUT2D eigenvalue weighted by molar-refractivity contribution is 7.80. The summed E-state index contributed by atoms with van der Waals surface area (Å²) in [7, 11) is 0. The predicted octanol–water partition coefficient (Wildman–Crippen LogP) is 2.31. The van der Waals surface area contributed by atoms with Gasteiger partial charge in [-0.1, -0.05) is 12.2 Å². The topological polar surface area (TPSA) is 54.0 Å². The van der Waals surface area contributed by atoms with Crippen molar-refractivity contribution in [2.24, 2.45) is 5.92 Å². The van der Waals surface area contributed by atoms with Crippen molar-refractivity contribution in [3.63, 3.8) is 0 Å². The zero-order valence-electron chi connectivity index (χ0n) is 14.4. The van der Waals surface area contributed by atoms with E-state index in [1.54, 1.807) is 12.1 Å². The van der Waals surface area contributed by atoms with Gasteiger partial charge < -0.3 is 19.7 Å². The fourth-order valence-electron chi connectivity index (χ4n) is 3.27. The van der Waals surface area contributed by atoms with Crippen LogP contribution in [0.3, 0.4) is 0 Å². The summed E-state index contributed by atoms with van der Waals surface area (Å²) in [5.74, 6) is 0.147. The Morgan fingerprint density at radius 3 is 2.77 bits per heavy atom. The fourth-order valence-corrected chi connectivity index (χ4v) is 3.59. The van der Waals surface area contributed by atoms with Gasteiger partial charge in [0, 0.05) is 19.0 Å². The molecule has 1 atom stereocenters. The maximum atomic E-state index is 14.6. The summed E-state index contributed by atoms with van der Waals surface area (Å²) < 4.78 is 25.3. The monoisotopic (exact) mass is 379 g/mol. The Labute approximate surface area is 157 Å². The van der Waals surface area contributed by atoms with Gasteiger partial charge in [-0.05, 0) is 31.0 Å². The van der Waals surface area contributed by atoms with Gasteiger partial charge in [0.15, 0.2) is 0 Å². The van der Waals surface area contributed by atoms with Crippen LogP contribution < -0.4 is 15.1 Å². The molecule has 1 aliphatic carbocycles. The average molecular weight is 379 g/mol. The summed E-state index contributed by atoms with van der Waals surface area (Å²) in [5.41, 5.74) is 1.05. The molecule has 2 aliphatic heterocycles. The van der Waals surface area contributed by atoms with Crippen LogP contribution in [0.25, 0.3) is 0 Å². The van der Waals surface area contributed by atoms with E-state index in [-0.39, 0.29) is 11.9 Å². The Balaban J connectivity index is 1.39. The number of carbonyl (C=O) groups is 1. The van der Waals surface area contributed by atoms with Crippen molar-refractivity contribution in [1.29, 1.82) is 0 Å². The number of anilines is 2. The summed E-state index contributed by atoms with van der Waals surface area (Å²) in [5, 5.41) is 3.18. The van der Waals surface area contributed by atoms with E-state index in [1.165, 1.54) is 11.0 Å². The molecule has 0 unspecified atom stereocenters. The maximum Gasteiger partial charge on any atom is 0.414 e. The second-order valence-corrected chi connectivity index (χ2v) is 7.31. The summed E-state index contributed by atoms with van der Waals surface area (Å²) in [6.45, 7) is 3.39. The van der Waals surface area contributed by atoms with Gasteiger partial charge in [0.05, 0.1) is 42.7 Å². The number of benzene rings is 1. The summed E-state index contributed by atoms with van der Waals surface area (Å²) in [4.78, 5) is 16.4. The first kappa shape index (κ1) is 17.5. The van der Waals surface area contributed by atoms with E-state index >= 15 is 0 Å². The van der Waals surface area contributed by atoms with Crippen LogP contribution in [0.1, 0.15) is 12.8 Å². The molecular formula is C18H22FN3O3S. The third kappa shape index (κ3) is 3.76. The molecule has 3 aliphatic rings. The number of hydrogen-bond acceptors (Lipinski definition) is 5. The van der Waals surface area contributed by atoms with Crippen molar-refractivity contribution in [1.82, 2.24) is 5.32 Å². The van der Waals surface area contributed by atoms with Crippen LogP contribution >= 0.6 is 12.2 Å². The lowest BCUT2D eigenvalue weighted by molar-refractivity contribution is 0.122. The molecule has 4 rings (SSSR count). The molecule has 1 N–H and O–H groups in total. The molecule has 1 amide bonds. The number of amides is 1. The molecule has 0 bridgehead atoms. The minimum Gasteiger partial charge on any atom is -0.442 e. The van der Waals surface area contributed by atoms with Crippen LogP contribution in [0.15, 0.2) is 18.2 Å². The Kier molecular flexibility index (Phi) is 4.95. The largest absolute Gasteiger partial charge is 0.442 e. The van der Waals surface area contributed by atoms with Crippen LogP contribution in [0.5, 0.6) is 0 Å². The molecule has 3 fully saturated rings. The maximum absolute atomic E-state index is 14.6. The molecule has 1 saturated carbocycles. The number of ether oxygens (including phenoxy) is 2. The van der Waals surface area contributed by atoms with Crippen LogP contribution in [0, 0.1) is 11.7 Å². The number of nitrogens with one attached hydrogen (secondary N) is 1. The van der Waals surface area contributed by atoms with E-state index in [0.29, 0.717) is 56.7 Å². The summed E-state index contributed by atoms with van der Waals surface area (Å²) in [6, 6.07) is 4.88. The highest BCUT2D eigenvalue weighted by Gasteiger charge is 2.34. The first-order chi connectivity index (χ1) is 12.6. The van der Waals surface area contributed by atoms with Crippen molar-refractivity contribution in [3.05, 3.63) is 24.0 Å². The lowest BCUT2D eigenvalue weighted by Crippen LogP contribution is -2.37. The Morgan fingerprint density at radius 2 is 2.08 bits per heavy atom. The van der Waals surface area contributed by atoms with Crippen LogP contribution in [-0.4, -0.2) is 56.6 Å². The van der Waals surface area contributed by atoms with E-state index in [4.69, 9.17) is 21.7 Å². The summed E-state index contributed by atoms with van der Waals surface area (Å²) in [6.07, 6.45) is 1.53. The van der Waals surface area contributed by atoms with E-state index in [9.17, 15) is 9.18 Å².